The Kier molecular flexibility index (Phi) is 5.69. The maximum Gasteiger partial charge on any atom is 0.747 e. The fraction of sp³-hybridized carbons (Fsp3) is 0.250. The molecule has 1 N–H and O–H groups in total. The van der Waals surface area contributed by atoms with E-state index in [9.17, 15) is 9.46 Å². The van der Waals surface area contributed by atoms with Crippen molar-refractivity contribution in [2.75, 3.05) is 0 Å². The molecule has 0 aliphatic carbocycles. The first-order valence-corrected chi connectivity index (χ1v) is 10.5. The monoisotopic (exact) mass is 393 g/mol. The quantitative estimate of drug-likeness (QED) is 0.490. The van der Waals surface area contributed by atoms with Gasteiger partial charge in [0.25, 0.3) is 0 Å². The molecule has 3 nitrogen and oxygen atoms in total. The number of rotatable bonds is 4. The molecule has 0 amide bonds. The highest BCUT2D eigenvalue weighted by atomic mass is 31.1. The molecule has 1 unspecified atom stereocenters. The van der Waals surface area contributed by atoms with E-state index in [1.165, 1.54) is 22.3 Å². The van der Waals surface area contributed by atoms with Crippen LogP contribution in [0.15, 0.2) is 42.5 Å². The second kappa shape index (κ2) is 7.87. The van der Waals surface area contributed by atoms with Crippen LogP contribution in [0.3, 0.4) is 0 Å². The van der Waals surface area contributed by atoms with Gasteiger partial charge in [-0.1, -0.05) is 47.5 Å². The molecule has 0 radical (unpaired) electrons. The maximum absolute atomic E-state index is 11.5. The van der Waals surface area contributed by atoms with Crippen molar-refractivity contribution in [2.45, 2.75) is 41.5 Å². The molecule has 4 heteroatoms. The molecule has 28 heavy (non-hydrogen) atoms. The summed E-state index contributed by atoms with van der Waals surface area (Å²) in [6.07, 6.45) is 0. The lowest BCUT2D eigenvalue weighted by Crippen LogP contribution is -1.98. The predicted octanol–water partition coefficient (Wildman–Crippen LogP) is 6.90. The summed E-state index contributed by atoms with van der Waals surface area (Å²) in [6, 6.07) is 14.3. The van der Waals surface area contributed by atoms with E-state index in [-0.39, 0.29) is 0 Å². The van der Waals surface area contributed by atoms with Crippen LogP contribution < -0.4 is 4.52 Å². The normalized spacial score (nSPS) is 11.5. The lowest BCUT2D eigenvalue weighted by Gasteiger charge is -2.20. The minimum Gasteiger partial charge on any atom is -0.229 e. The molecule has 0 saturated carbocycles. The van der Waals surface area contributed by atoms with Crippen molar-refractivity contribution >= 4 is 8.25 Å². The molecule has 0 spiro atoms. The van der Waals surface area contributed by atoms with E-state index in [1.807, 2.05) is 6.07 Å². The first-order chi connectivity index (χ1) is 13.2. The van der Waals surface area contributed by atoms with Crippen molar-refractivity contribution in [2.24, 2.45) is 0 Å². The van der Waals surface area contributed by atoms with Crippen LogP contribution in [0.25, 0.3) is 22.3 Å². The van der Waals surface area contributed by atoms with Gasteiger partial charge in [0.05, 0.1) is 0 Å². The van der Waals surface area contributed by atoms with E-state index < -0.39 is 8.25 Å². The second-order valence-electron chi connectivity index (χ2n) is 7.56. The SMILES string of the molecule is Cc1cc(C)c(-c2cccc(O[P+](=O)O)c2-c2c(C)cc(C)cc2C)c(C)c1. The van der Waals surface area contributed by atoms with Crippen molar-refractivity contribution in [1.82, 2.24) is 0 Å². The van der Waals surface area contributed by atoms with Gasteiger partial charge in [0.1, 0.15) is 0 Å². The van der Waals surface area contributed by atoms with Gasteiger partial charge in [-0.2, -0.15) is 0 Å². The zero-order chi connectivity index (χ0) is 20.6. The molecule has 0 aliphatic heterocycles. The molecule has 1 atom stereocenters. The molecule has 3 aromatic rings. The van der Waals surface area contributed by atoms with Crippen molar-refractivity contribution < 1.29 is 14.0 Å². The highest BCUT2D eigenvalue weighted by Crippen LogP contribution is 2.46. The topological polar surface area (TPSA) is 46.5 Å². The molecule has 0 saturated heterocycles. The third-order valence-electron chi connectivity index (χ3n) is 5.08. The van der Waals surface area contributed by atoms with Gasteiger partial charge < -0.3 is 0 Å². The molecular weight excluding hydrogens is 367 g/mol. The average Bonchev–Trinajstić information content (AvgIpc) is 2.54. The Morgan fingerprint density at radius 1 is 0.714 bits per heavy atom. The van der Waals surface area contributed by atoms with E-state index in [0.29, 0.717) is 5.75 Å². The molecular formula is C24H26O3P+. The van der Waals surface area contributed by atoms with Crippen LogP contribution in [0, 0.1) is 41.5 Å². The Balaban J connectivity index is 2.43. The van der Waals surface area contributed by atoms with Crippen molar-refractivity contribution in [3.05, 3.63) is 75.8 Å². The Morgan fingerprint density at radius 2 is 1.18 bits per heavy atom. The minimum atomic E-state index is -2.76. The number of hydrogen-bond acceptors (Lipinski definition) is 2. The molecule has 0 fully saturated rings. The summed E-state index contributed by atoms with van der Waals surface area (Å²) in [5.41, 5.74) is 11.0. The van der Waals surface area contributed by atoms with Crippen LogP contribution in [-0.2, 0) is 4.57 Å². The Labute approximate surface area is 168 Å². The Bertz CT molecular complexity index is 1040. The maximum atomic E-state index is 11.5. The van der Waals surface area contributed by atoms with E-state index in [0.717, 1.165) is 33.4 Å². The van der Waals surface area contributed by atoms with Crippen LogP contribution >= 0.6 is 8.25 Å². The Morgan fingerprint density at radius 3 is 1.64 bits per heavy atom. The predicted molar refractivity (Wildman–Crippen MR) is 116 cm³/mol. The first-order valence-electron chi connectivity index (χ1n) is 9.32. The van der Waals surface area contributed by atoms with Crippen LogP contribution in [0.4, 0.5) is 0 Å². The second-order valence-corrected chi connectivity index (χ2v) is 8.21. The number of benzene rings is 3. The fourth-order valence-corrected chi connectivity index (χ4v) is 4.66. The van der Waals surface area contributed by atoms with Gasteiger partial charge in [0, 0.05) is 10.1 Å². The van der Waals surface area contributed by atoms with Gasteiger partial charge in [0.2, 0.25) is 0 Å². The summed E-state index contributed by atoms with van der Waals surface area (Å²) in [5.74, 6) is 0.426. The third-order valence-corrected chi connectivity index (χ3v) is 5.43. The van der Waals surface area contributed by atoms with Crippen molar-refractivity contribution in [3.8, 4) is 28.0 Å². The van der Waals surface area contributed by atoms with Gasteiger partial charge in [-0.15, -0.1) is 4.89 Å². The van der Waals surface area contributed by atoms with Crippen LogP contribution in [0.5, 0.6) is 5.75 Å². The summed E-state index contributed by atoms with van der Waals surface area (Å²) < 4.78 is 16.9. The average molecular weight is 393 g/mol. The lowest BCUT2D eigenvalue weighted by molar-refractivity contribution is 0.411. The van der Waals surface area contributed by atoms with Crippen molar-refractivity contribution in [3.63, 3.8) is 0 Å². The summed E-state index contributed by atoms with van der Waals surface area (Å²) >= 11 is 0. The van der Waals surface area contributed by atoms with Gasteiger partial charge in [0.15, 0.2) is 5.75 Å². The summed E-state index contributed by atoms with van der Waals surface area (Å²) in [7, 11) is -2.76. The summed E-state index contributed by atoms with van der Waals surface area (Å²) in [4.78, 5) is 9.45. The van der Waals surface area contributed by atoms with Crippen LogP contribution in [0.2, 0.25) is 0 Å². The zero-order valence-corrected chi connectivity index (χ0v) is 18.1. The molecule has 3 aromatic carbocycles. The van der Waals surface area contributed by atoms with E-state index in [2.05, 4.69) is 71.9 Å². The standard InChI is InChI=1S/C24H25O3P/c1-14-10-16(3)22(17(4)11-14)20-8-7-9-21(27-28(25)26)24(20)23-18(5)12-15(2)13-19(23)6/h7-13H,1-6H3/p+1. The first kappa shape index (κ1) is 20.3. The highest BCUT2D eigenvalue weighted by molar-refractivity contribution is 7.32. The zero-order valence-electron chi connectivity index (χ0n) is 17.3. The van der Waals surface area contributed by atoms with Gasteiger partial charge in [-0.3, -0.25) is 0 Å². The fourth-order valence-electron chi connectivity index (χ4n) is 4.34. The summed E-state index contributed by atoms with van der Waals surface area (Å²) in [6.45, 7) is 12.5. The van der Waals surface area contributed by atoms with Gasteiger partial charge in [-0.05, 0) is 86.6 Å². The van der Waals surface area contributed by atoms with Gasteiger partial charge >= 0.3 is 8.25 Å². The molecule has 0 aliphatic rings. The molecule has 0 aromatic heterocycles. The molecule has 3 rings (SSSR count). The van der Waals surface area contributed by atoms with Crippen molar-refractivity contribution in [1.29, 1.82) is 0 Å². The van der Waals surface area contributed by atoms with E-state index in [4.69, 9.17) is 4.52 Å². The van der Waals surface area contributed by atoms with E-state index in [1.54, 1.807) is 6.07 Å². The van der Waals surface area contributed by atoms with Gasteiger partial charge in [-0.25, -0.2) is 4.52 Å². The Hall–Kier alpha value is -2.48. The lowest BCUT2D eigenvalue weighted by atomic mass is 9.85. The molecule has 0 heterocycles. The van der Waals surface area contributed by atoms with Crippen LogP contribution in [-0.4, -0.2) is 4.89 Å². The summed E-state index contributed by atoms with van der Waals surface area (Å²) in [5, 5.41) is 0. The van der Waals surface area contributed by atoms with Crippen LogP contribution in [0.1, 0.15) is 33.4 Å². The smallest absolute Gasteiger partial charge is 0.229 e. The highest BCUT2D eigenvalue weighted by Gasteiger charge is 2.25. The van der Waals surface area contributed by atoms with E-state index >= 15 is 0 Å². The molecule has 0 bridgehead atoms. The molecule has 144 valence electrons. The minimum absolute atomic E-state index is 0.426. The number of aryl methyl sites for hydroxylation is 6. The largest absolute Gasteiger partial charge is 0.747 e. The third kappa shape index (κ3) is 3.87. The number of hydrogen-bond donors (Lipinski definition) is 1.